The van der Waals surface area contributed by atoms with Crippen LogP contribution in [0.3, 0.4) is 0 Å². The highest BCUT2D eigenvalue weighted by Gasteiger charge is 2.16. The number of nitrogens with zero attached hydrogens (tertiary/aromatic N) is 2. The van der Waals surface area contributed by atoms with Gasteiger partial charge in [0.25, 0.3) is 5.91 Å². The first kappa shape index (κ1) is 23.6. The van der Waals surface area contributed by atoms with E-state index >= 15 is 0 Å². The molecule has 0 atom stereocenters. The Morgan fingerprint density at radius 3 is 2.65 bits per heavy atom. The quantitative estimate of drug-likeness (QED) is 0.185. The maximum Gasteiger partial charge on any atom is 0.257 e. The van der Waals surface area contributed by atoms with Gasteiger partial charge in [0, 0.05) is 11.3 Å². The number of unbranched alkanes of at least 4 members (excludes halogenated alkanes) is 1. The number of thioether (sulfide) groups is 1. The third kappa shape index (κ3) is 7.25. The molecule has 3 aromatic rings. The van der Waals surface area contributed by atoms with E-state index in [1.807, 2.05) is 30.3 Å². The molecular formula is C22H21Cl2N3O2S2. The molecule has 9 heteroatoms. The van der Waals surface area contributed by atoms with Crippen molar-refractivity contribution in [1.82, 2.24) is 10.2 Å². The molecule has 0 saturated heterocycles. The SMILES string of the molecule is CCCCOc1c(Cl)cc(C(=O)Nc2nnc(SC/C=C/c3ccccc3)s2)cc1Cl. The number of anilines is 1. The molecule has 0 radical (unpaired) electrons. The molecule has 0 saturated carbocycles. The molecule has 0 fully saturated rings. The monoisotopic (exact) mass is 493 g/mol. The fourth-order valence-corrected chi connectivity index (χ4v) is 4.68. The Morgan fingerprint density at radius 1 is 1.19 bits per heavy atom. The average molecular weight is 494 g/mol. The third-order valence-electron chi connectivity index (χ3n) is 4.04. The topological polar surface area (TPSA) is 64.1 Å². The van der Waals surface area contributed by atoms with E-state index in [-0.39, 0.29) is 5.91 Å². The molecule has 0 bridgehead atoms. The van der Waals surface area contributed by atoms with E-state index in [1.54, 1.807) is 11.8 Å². The van der Waals surface area contributed by atoms with Gasteiger partial charge in [-0.2, -0.15) is 0 Å². The van der Waals surface area contributed by atoms with E-state index in [9.17, 15) is 4.79 Å². The third-order valence-corrected chi connectivity index (χ3v) is 6.53. The summed E-state index contributed by atoms with van der Waals surface area (Å²) in [5.74, 6) is 0.786. The minimum Gasteiger partial charge on any atom is -0.490 e. The summed E-state index contributed by atoms with van der Waals surface area (Å²) in [6.45, 7) is 2.59. The van der Waals surface area contributed by atoms with Gasteiger partial charge in [0.1, 0.15) is 0 Å². The van der Waals surface area contributed by atoms with Gasteiger partial charge in [0.15, 0.2) is 10.1 Å². The number of hydrogen-bond acceptors (Lipinski definition) is 6. The fourth-order valence-electron chi connectivity index (χ4n) is 2.50. The number of carbonyl (C=O) groups is 1. The number of benzene rings is 2. The highest BCUT2D eigenvalue weighted by atomic mass is 35.5. The second-order valence-corrected chi connectivity index (χ2v) is 9.48. The van der Waals surface area contributed by atoms with Crippen LogP contribution in [0.4, 0.5) is 5.13 Å². The minimum atomic E-state index is -0.361. The van der Waals surface area contributed by atoms with E-state index in [4.69, 9.17) is 27.9 Å². The molecule has 0 spiro atoms. The average Bonchev–Trinajstić information content (AvgIpc) is 3.21. The highest BCUT2D eigenvalue weighted by Crippen LogP contribution is 2.35. The largest absolute Gasteiger partial charge is 0.490 e. The van der Waals surface area contributed by atoms with Gasteiger partial charge in [-0.1, -0.05) is 102 Å². The van der Waals surface area contributed by atoms with Crippen molar-refractivity contribution in [1.29, 1.82) is 0 Å². The summed E-state index contributed by atoms with van der Waals surface area (Å²) < 4.78 is 6.38. The zero-order valence-corrected chi connectivity index (χ0v) is 20.0. The molecule has 1 N–H and O–H groups in total. The van der Waals surface area contributed by atoms with Gasteiger partial charge in [-0.3, -0.25) is 10.1 Å². The van der Waals surface area contributed by atoms with Crippen molar-refractivity contribution in [2.75, 3.05) is 17.7 Å². The van der Waals surface area contributed by atoms with E-state index < -0.39 is 0 Å². The van der Waals surface area contributed by atoms with Crippen LogP contribution in [0.2, 0.25) is 10.0 Å². The molecule has 1 heterocycles. The molecule has 1 aromatic heterocycles. The molecule has 0 aliphatic carbocycles. The van der Waals surface area contributed by atoms with Crippen molar-refractivity contribution in [3.63, 3.8) is 0 Å². The van der Waals surface area contributed by atoms with Crippen LogP contribution in [0.5, 0.6) is 5.75 Å². The molecule has 3 rings (SSSR count). The summed E-state index contributed by atoms with van der Waals surface area (Å²) in [5, 5.41) is 11.9. The van der Waals surface area contributed by atoms with Crippen molar-refractivity contribution < 1.29 is 9.53 Å². The molecule has 5 nitrogen and oxygen atoms in total. The minimum absolute atomic E-state index is 0.299. The smallest absolute Gasteiger partial charge is 0.257 e. The van der Waals surface area contributed by atoms with Crippen LogP contribution in [0.1, 0.15) is 35.7 Å². The first-order chi connectivity index (χ1) is 15.1. The fraction of sp³-hybridized carbons (Fsp3) is 0.227. The molecule has 31 heavy (non-hydrogen) atoms. The maximum atomic E-state index is 12.6. The molecule has 1 amide bonds. The van der Waals surface area contributed by atoms with Crippen molar-refractivity contribution in [2.45, 2.75) is 24.1 Å². The number of ether oxygens (including phenoxy) is 1. The van der Waals surface area contributed by atoms with Crippen LogP contribution in [-0.2, 0) is 0 Å². The number of hydrogen-bond donors (Lipinski definition) is 1. The van der Waals surface area contributed by atoms with Gasteiger partial charge in [0.2, 0.25) is 5.13 Å². The molecule has 0 aliphatic heterocycles. The van der Waals surface area contributed by atoms with Gasteiger partial charge >= 0.3 is 0 Å². The van der Waals surface area contributed by atoms with Crippen LogP contribution in [0.25, 0.3) is 6.08 Å². The first-order valence-corrected chi connectivity index (χ1v) is 12.2. The van der Waals surface area contributed by atoms with Gasteiger partial charge in [-0.25, -0.2) is 0 Å². The standard InChI is InChI=1S/C22H21Cl2N3O2S2/c1-2-3-11-29-19-17(23)13-16(14-18(19)24)20(28)25-21-26-27-22(31-21)30-12-7-10-15-8-5-4-6-9-15/h4-10,13-14H,2-3,11-12H2,1H3,(H,25,26,28)/b10-7+. The first-order valence-electron chi connectivity index (χ1n) is 9.68. The predicted octanol–water partition coefficient (Wildman–Crippen LogP) is 7.08. The molecule has 0 aliphatic rings. The lowest BCUT2D eigenvalue weighted by Gasteiger charge is -2.11. The normalized spacial score (nSPS) is 11.1. The Labute approximate surface area is 199 Å². The zero-order valence-electron chi connectivity index (χ0n) is 16.8. The Balaban J connectivity index is 1.55. The summed E-state index contributed by atoms with van der Waals surface area (Å²) in [4.78, 5) is 12.6. The van der Waals surface area contributed by atoms with E-state index in [0.29, 0.717) is 33.1 Å². The maximum absolute atomic E-state index is 12.6. The number of carbonyl (C=O) groups excluding carboxylic acids is 1. The van der Waals surface area contributed by atoms with Crippen LogP contribution in [0.15, 0.2) is 52.9 Å². The molecule has 162 valence electrons. The molecular weight excluding hydrogens is 473 g/mol. The summed E-state index contributed by atoms with van der Waals surface area (Å²) in [7, 11) is 0. The van der Waals surface area contributed by atoms with Crippen LogP contribution in [0, 0.1) is 0 Å². The summed E-state index contributed by atoms with van der Waals surface area (Å²) in [6, 6.07) is 13.1. The van der Waals surface area contributed by atoms with Gasteiger partial charge in [0.05, 0.1) is 16.7 Å². The van der Waals surface area contributed by atoms with E-state index in [0.717, 1.165) is 28.5 Å². The summed E-state index contributed by atoms with van der Waals surface area (Å²) in [6.07, 6.45) is 6.02. The van der Waals surface area contributed by atoms with Gasteiger partial charge < -0.3 is 4.74 Å². The zero-order chi connectivity index (χ0) is 22.1. The number of rotatable bonds is 10. The van der Waals surface area contributed by atoms with Crippen LogP contribution >= 0.6 is 46.3 Å². The Hall–Kier alpha value is -2.06. The number of aromatic nitrogens is 2. The van der Waals surface area contributed by atoms with Crippen LogP contribution in [-0.4, -0.2) is 28.5 Å². The molecule has 0 unspecified atom stereocenters. The second kappa shape index (κ2) is 12.1. The van der Waals surface area contributed by atoms with Crippen molar-refractivity contribution in [2.24, 2.45) is 0 Å². The van der Waals surface area contributed by atoms with Crippen molar-refractivity contribution in [3.05, 3.63) is 69.7 Å². The lowest BCUT2D eigenvalue weighted by molar-refractivity contribution is 0.102. The Morgan fingerprint density at radius 2 is 1.94 bits per heavy atom. The lowest BCUT2D eigenvalue weighted by atomic mass is 10.2. The number of nitrogens with one attached hydrogen (secondary N) is 1. The summed E-state index contributed by atoms with van der Waals surface area (Å²) >= 11 is 15.4. The Bertz CT molecular complexity index is 1020. The van der Waals surface area contributed by atoms with Gasteiger partial charge in [-0.15, -0.1) is 10.2 Å². The van der Waals surface area contributed by atoms with Crippen molar-refractivity contribution in [3.8, 4) is 5.75 Å². The number of amides is 1. The van der Waals surface area contributed by atoms with Gasteiger partial charge in [-0.05, 0) is 24.1 Å². The second-order valence-electron chi connectivity index (χ2n) is 6.42. The number of halogens is 2. The van der Waals surface area contributed by atoms with E-state index in [2.05, 4.69) is 34.6 Å². The Kier molecular flexibility index (Phi) is 9.21. The lowest BCUT2D eigenvalue weighted by Crippen LogP contribution is -2.12. The van der Waals surface area contributed by atoms with Crippen LogP contribution < -0.4 is 10.1 Å². The predicted molar refractivity (Wildman–Crippen MR) is 131 cm³/mol. The highest BCUT2D eigenvalue weighted by molar-refractivity contribution is 8.01. The van der Waals surface area contributed by atoms with E-state index in [1.165, 1.54) is 23.5 Å². The summed E-state index contributed by atoms with van der Waals surface area (Å²) in [5.41, 5.74) is 1.47. The molecule has 2 aromatic carbocycles. The van der Waals surface area contributed by atoms with Crippen molar-refractivity contribution >= 4 is 63.4 Å².